The van der Waals surface area contributed by atoms with Gasteiger partial charge in [-0.3, -0.25) is 4.72 Å². The zero-order valence-corrected chi connectivity index (χ0v) is 14.3. The summed E-state index contributed by atoms with van der Waals surface area (Å²) in [5, 5.41) is 0. The van der Waals surface area contributed by atoms with Crippen molar-refractivity contribution in [2.45, 2.75) is 11.8 Å². The molecule has 0 bridgehead atoms. The van der Waals surface area contributed by atoms with E-state index in [9.17, 15) is 8.42 Å². The summed E-state index contributed by atoms with van der Waals surface area (Å²) in [7, 11) is -1.71. The molecule has 3 N–H and O–H groups in total. The van der Waals surface area contributed by atoms with Crippen molar-refractivity contribution < 1.29 is 8.42 Å². The lowest BCUT2D eigenvalue weighted by molar-refractivity contribution is 0.601. The highest BCUT2D eigenvalue weighted by atomic mass is 32.2. The molecule has 0 radical (unpaired) electrons. The Morgan fingerprint density at radius 1 is 1.04 bits per heavy atom. The molecule has 3 aromatic rings. The van der Waals surface area contributed by atoms with Gasteiger partial charge in [0.15, 0.2) is 0 Å². The summed E-state index contributed by atoms with van der Waals surface area (Å²) >= 11 is 0. The number of benzene rings is 2. The molecule has 2 aromatic carbocycles. The van der Waals surface area contributed by atoms with Crippen molar-refractivity contribution in [1.29, 1.82) is 0 Å². The van der Waals surface area contributed by atoms with Gasteiger partial charge in [-0.25, -0.2) is 8.42 Å². The van der Waals surface area contributed by atoms with E-state index in [0.29, 0.717) is 11.4 Å². The van der Waals surface area contributed by atoms with E-state index in [-0.39, 0.29) is 4.90 Å². The maximum Gasteiger partial charge on any atom is 0.261 e. The predicted molar refractivity (Wildman–Crippen MR) is 97.2 cm³/mol. The molecule has 5 nitrogen and oxygen atoms in total. The first-order valence-electron chi connectivity index (χ1n) is 7.47. The zero-order valence-electron chi connectivity index (χ0n) is 13.5. The lowest BCUT2D eigenvalue weighted by Crippen LogP contribution is -2.14. The molecule has 24 heavy (non-hydrogen) atoms. The largest absolute Gasteiger partial charge is 0.399 e. The van der Waals surface area contributed by atoms with E-state index in [1.807, 2.05) is 55.1 Å². The van der Waals surface area contributed by atoms with Gasteiger partial charge in [-0.2, -0.15) is 0 Å². The molecule has 0 aliphatic carbocycles. The van der Waals surface area contributed by atoms with E-state index < -0.39 is 10.0 Å². The number of hydrogen-bond acceptors (Lipinski definition) is 3. The minimum Gasteiger partial charge on any atom is -0.399 e. The van der Waals surface area contributed by atoms with Crippen LogP contribution in [0.15, 0.2) is 65.7 Å². The fraction of sp³-hybridized carbons (Fsp3) is 0.111. The van der Waals surface area contributed by atoms with Crippen LogP contribution in [0.3, 0.4) is 0 Å². The van der Waals surface area contributed by atoms with Gasteiger partial charge in [0.2, 0.25) is 0 Å². The molecule has 0 spiro atoms. The normalized spacial score (nSPS) is 11.4. The van der Waals surface area contributed by atoms with Crippen LogP contribution in [0.1, 0.15) is 5.56 Å². The molecule has 0 saturated heterocycles. The Labute approximate surface area is 141 Å². The quantitative estimate of drug-likeness (QED) is 0.714. The Bertz CT molecular complexity index is 974. The van der Waals surface area contributed by atoms with Gasteiger partial charge in [0.25, 0.3) is 10.0 Å². The smallest absolute Gasteiger partial charge is 0.261 e. The van der Waals surface area contributed by atoms with Gasteiger partial charge in [0, 0.05) is 30.2 Å². The van der Waals surface area contributed by atoms with Crippen LogP contribution in [0.25, 0.3) is 11.3 Å². The fourth-order valence-corrected chi connectivity index (χ4v) is 3.62. The number of nitrogen functional groups attached to an aromatic ring is 1. The first-order valence-corrected chi connectivity index (χ1v) is 8.96. The topological polar surface area (TPSA) is 77.1 Å². The molecule has 1 aromatic heterocycles. The summed E-state index contributed by atoms with van der Waals surface area (Å²) in [5.74, 6) is 0. The van der Waals surface area contributed by atoms with E-state index in [1.165, 1.54) is 12.1 Å². The van der Waals surface area contributed by atoms with Crippen molar-refractivity contribution in [1.82, 2.24) is 4.57 Å². The summed E-state index contributed by atoms with van der Waals surface area (Å²) in [5.41, 5.74) is 9.52. The molecule has 0 aliphatic heterocycles. The number of hydrogen-bond donors (Lipinski definition) is 2. The summed E-state index contributed by atoms with van der Waals surface area (Å²) in [4.78, 5) is 0.181. The van der Waals surface area contributed by atoms with Crippen molar-refractivity contribution >= 4 is 21.4 Å². The van der Waals surface area contributed by atoms with Crippen molar-refractivity contribution in [2.24, 2.45) is 7.05 Å². The minimum absolute atomic E-state index is 0.181. The molecule has 0 saturated carbocycles. The number of aryl methyl sites for hydroxylation is 2. The number of rotatable bonds is 4. The Kier molecular flexibility index (Phi) is 4.07. The van der Waals surface area contributed by atoms with E-state index >= 15 is 0 Å². The van der Waals surface area contributed by atoms with E-state index in [1.54, 1.807) is 12.1 Å². The second-order valence-electron chi connectivity index (χ2n) is 5.71. The lowest BCUT2D eigenvalue weighted by Gasteiger charge is -2.13. The van der Waals surface area contributed by atoms with Gasteiger partial charge in [-0.05, 0) is 55.0 Å². The van der Waals surface area contributed by atoms with E-state index in [4.69, 9.17) is 5.73 Å². The van der Waals surface area contributed by atoms with Crippen LogP contribution in [0.4, 0.5) is 11.4 Å². The second kappa shape index (κ2) is 6.05. The third-order valence-electron chi connectivity index (χ3n) is 3.91. The summed E-state index contributed by atoms with van der Waals surface area (Å²) in [6.07, 6.45) is 1.95. The van der Waals surface area contributed by atoms with Crippen LogP contribution in [-0.2, 0) is 17.1 Å². The van der Waals surface area contributed by atoms with Crippen LogP contribution in [-0.4, -0.2) is 13.0 Å². The minimum atomic E-state index is -3.66. The van der Waals surface area contributed by atoms with Crippen molar-refractivity contribution in [2.75, 3.05) is 10.5 Å². The lowest BCUT2D eigenvalue weighted by atomic mass is 10.1. The molecule has 1 heterocycles. The molecular weight excluding hydrogens is 322 g/mol. The summed E-state index contributed by atoms with van der Waals surface area (Å²) < 4.78 is 29.8. The number of sulfonamides is 1. The maximum atomic E-state index is 12.6. The SMILES string of the molecule is Cc1ccc(-c2cccn2C)cc1NS(=O)(=O)c1ccc(N)cc1. The van der Waals surface area contributed by atoms with Crippen LogP contribution in [0.5, 0.6) is 0 Å². The average molecular weight is 341 g/mol. The van der Waals surface area contributed by atoms with E-state index in [0.717, 1.165) is 16.8 Å². The van der Waals surface area contributed by atoms with Gasteiger partial charge in [-0.15, -0.1) is 0 Å². The molecule has 124 valence electrons. The molecule has 6 heteroatoms. The highest BCUT2D eigenvalue weighted by Crippen LogP contribution is 2.27. The zero-order chi connectivity index (χ0) is 17.3. The number of aromatic nitrogens is 1. The maximum absolute atomic E-state index is 12.6. The highest BCUT2D eigenvalue weighted by Gasteiger charge is 2.16. The monoisotopic (exact) mass is 341 g/mol. The Hall–Kier alpha value is -2.73. The van der Waals surface area contributed by atoms with Gasteiger partial charge in [0.1, 0.15) is 0 Å². The number of nitrogens with zero attached hydrogens (tertiary/aromatic N) is 1. The predicted octanol–water partition coefficient (Wildman–Crippen LogP) is 3.38. The highest BCUT2D eigenvalue weighted by molar-refractivity contribution is 7.92. The number of nitrogens with one attached hydrogen (secondary N) is 1. The fourth-order valence-electron chi connectivity index (χ4n) is 2.50. The van der Waals surface area contributed by atoms with Crippen LogP contribution in [0.2, 0.25) is 0 Å². The van der Waals surface area contributed by atoms with Gasteiger partial charge >= 0.3 is 0 Å². The standard InChI is InChI=1S/C18H19N3O2S/c1-13-5-6-14(18-4-3-11-21(18)2)12-17(13)20-24(22,23)16-9-7-15(19)8-10-16/h3-12,20H,19H2,1-2H3. The van der Waals surface area contributed by atoms with Crippen LogP contribution in [0, 0.1) is 6.92 Å². The molecular formula is C18H19N3O2S. The van der Waals surface area contributed by atoms with Crippen LogP contribution >= 0.6 is 0 Å². The Balaban J connectivity index is 1.98. The molecule has 0 amide bonds. The van der Waals surface area contributed by atoms with E-state index in [2.05, 4.69) is 4.72 Å². The molecule has 3 rings (SSSR count). The second-order valence-corrected chi connectivity index (χ2v) is 7.39. The average Bonchev–Trinajstić information content (AvgIpc) is 2.96. The molecule has 0 aliphatic rings. The molecule has 0 unspecified atom stereocenters. The van der Waals surface area contributed by atoms with Crippen molar-refractivity contribution in [3.05, 3.63) is 66.4 Å². The summed E-state index contributed by atoms with van der Waals surface area (Å²) in [6.45, 7) is 1.87. The Morgan fingerprint density at radius 3 is 2.38 bits per heavy atom. The van der Waals surface area contributed by atoms with Gasteiger partial charge in [0.05, 0.1) is 10.6 Å². The first-order chi connectivity index (χ1) is 11.4. The van der Waals surface area contributed by atoms with Crippen LogP contribution < -0.4 is 10.5 Å². The van der Waals surface area contributed by atoms with Gasteiger partial charge in [-0.1, -0.05) is 12.1 Å². The summed E-state index contributed by atoms with van der Waals surface area (Å²) in [6, 6.07) is 15.8. The van der Waals surface area contributed by atoms with Crippen molar-refractivity contribution in [3.63, 3.8) is 0 Å². The first kappa shape index (κ1) is 16.1. The molecule has 0 atom stereocenters. The number of nitrogens with two attached hydrogens (primary N) is 1. The number of anilines is 2. The molecule has 0 fully saturated rings. The third-order valence-corrected chi connectivity index (χ3v) is 5.29. The third kappa shape index (κ3) is 3.14. The Morgan fingerprint density at radius 2 is 1.75 bits per heavy atom. The van der Waals surface area contributed by atoms with Gasteiger partial charge < -0.3 is 10.3 Å². The van der Waals surface area contributed by atoms with Crippen molar-refractivity contribution in [3.8, 4) is 11.3 Å².